The van der Waals surface area contributed by atoms with Gasteiger partial charge >= 0.3 is 11.9 Å². The summed E-state index contributed by atoms with van der Waals surface area (Å²) in [5, 5.41) is 9.53. The Bertz CT molecular complexity index is 607. The minimum absolute atomic E-state index is 0.0584. The van der Waals surface area contributed by atoms with Crippen molar-refractivity contribution in [2.24, 2.45) is 5.92 Å². The molecule has 0 aliphatic rings. The molecule has 0 saturated heterocycles. The first-order chi connectivity index (χ1) is 21.5. The standard InChI is InChI=1S/C39H76O5/c1-4-6-7-8-9-10-11-12-13-14-15-16-17-18-19-23-26-29-32-38(41)43-35-37(34-40)44-39(42)33-30-27-24-21-20-22-25-28-31-36(3)5-2/h36-37,40H,4-35H2,1-3H3/t36?,37-/m0/s1. The van der Waals surface area contributed by atoms with E-state index >= 15 is 0 Å². The summed E-state index contributed by atoms with van der Waals surface area (Å²) in [6.45, 7) is 6.50. The highest BCUT2D eigenvalue weighted by Gasteiger charge is 2.16. The summed E-state index contributed by atoms with van der Waals surface area (Å²) in [4.78, 5) is 24.2. The van der Waals surface area contributed by atoms with E-state index in [1.54, 1.807) is 0 Å². The van der Waals surface area contributed by atoms with Gasteiger partial charge in [-0.2, -0.15) is 0 Å². The zero-order valence-corrected chi connectivity index (χ0v) is 29.9. The van der Waals surface area contributed by atoms with Crippen LogP contribution in [0.25, 0.3) is 0 Å². The lowest BCUT2D eigenvalue weighted by Crippen LogP contribution is -2.28. The van der Waals surface area contributed by atoms with E-state index in [2.05, 4.69) is 20.8 Å². The maximum Gasteiger partial charge on any atom is 0.306 e. The average molecular weight is 625 g/mol. The van der Waals surface area contributed by atoms with Crippen LogP contribution >= 0.6 is 0 Å². The Morgan fingerprint density at radius 2 is 0.886 bits per heavy atom. The first-order valence-electron chi connectivity index (χ1n) is 19.5. The third kappa shape index (κ3) is 32.3. The van der Waals surface area contributed by atoms with Crippen LogP contribution in [0.3, 0.4) is 0 Å². The molecule has 0 rings (SSSR count). The fourth-order valence-electron chi connectivity index (χ4n) is 5.82. The fraction of sp³-hybridized carbons (Fsp3) is 0.949. The number of hydrogen-bond donors (Lipinski definition) is 1. The minimum atomic E-state index is -0.762. The highest BCUT2D eigenvalue weighted by Crippen LogP contribution is 2.16. The molecule has 0 saturated carbocycles. The molecule has 5 heteroatoms. The van der Waals surface area contributed by atoms with Crippen molar-refractivity contribution in [2.45, 2.75) is 219 Å². The van der Waals surface area contributed by atoms with Gasteiger partial charge in [0.15, 0.2) is 6.10 Å². The molecule has 0 aliphatic carbocycles. The summed E-state index contributed by atoms with van der Waals surface area (Å²) < 4.78 is 10.6. The van der Waals surface area contributed by atoms with E-state index < -0.39 is 6.10 Å². The fourth-order valence-corrected chi connectivity index (χ4v) is 5.82. The maximum absolute atomic E-state index is 12.1. The van der Waals surface area contributed by atoms with Gasteiger partial charge in [0.05, 0.1) is 6.61 Å². The summed E-state index contributed by atoms with van der Waals surface area (Å²) in [6, 6.07) is 0. The number of rotatable bonds is 35. The van der Waals surface area contributed by atoms with Crippen LogP contribution in [0.15, 0.2) is 0 Å². The van der Waals surface area contributed by atoms with E-state index in [9.17, 15) is 14.7 Å². The van der Waals surface area contributed by atoms with Gasteiger partial charge in [0.2, 0.25) is 0 Å². The van der Waals surface area contributed by atoms with E-state index in [-0.39, 0.29) is 25.2 Å². The molecule has 1 unspecified atom stereocenters. The molecular formula is C39H76O5. The second-order valence-corrected chi connectivity index (χ2v) is 13.6. The van der Waals surface area contributed by atoms with Crippen molar-refractivity contribution in [3.63, 3.8) is 0 Å². The van der Waals surface area contributed by atoms with Crippen LogP contribution in [-0.2, 0) is 19.1 Å². The van der Waals surface area contributed by atoms with Crippen LogP contribution in [0.4, 0.5) is 0 Å². The Kier molecular flexibility index (Phi) is 33.9. The van der Waals surface area contributed by atoms with Crippen molar-refractivity contribution in [2.75, 3.05) is 13.2 Å². The van der Waals surface area contributed by atoms with Gasteiger partial charge in [0.25, 0.3) is 0 Å². The predicted octanol–water partition coefficient (Wildman–Crippen LogP) is 11.8. The van der Waals surface area contributed by atoms with Gasteiger partial charge in [0, 0.05) is 12.8 Å². The number of ether oxygens (including phenoxy) is 2. The molecule has 2 atom stereocenters. The molecule has 1 N–H and O–H groups in total. The van der Waals surface area contributed by atoms with Crippen LogP contribution in [0.5, 0.6) is 0 Å². The summed E-state index contributed by atoms with van der Waals surface area (Å²) in [7, 11) is 0. The van der Waals surface area contributed by atoms with Crippen LogP contribution in [0.2, 0.25) is 0 Å². The van der Waals surface area contributed by atoms with Gasteiger partial charge in [0.1, 0.15) is 6.61 Å². The van der Waals surface area contributed by atoms with E-state index in [0.717, 1.165) is 38.0 Å². The van der Waals surface area contributed by atoms with Crippen LogP contribution < -0.4 is 0 Å². The third-order valence-corrected chi connectivity index (χ3v) is 9.19. The van der Waals surface area contributed by atoms with Crippen LogP contribution in [0, 0.1) is 5.92 Å². The molecule has 0 aliphatic heterocycles. The number of esters is 2. The Balaban J connectivity index is 3.49. The summed E-state index contributed by atoms with van der Waals surface area (Å²) in [5.41, 5.74) is 0. The predicted molar refractivity (Wildman–Crippen MR) is 187 cm³/mol. The zero-order valence-electron chi connectivity index (χ0n) is 29.9. The second kappa shape index (κ2) is 34.8. The average Bonchev–Trinajstić information content (AvgIpc) is 3.03. The topological polar surface area (TPSA) is 72.8 Å². The van der Waals surface area contributed by atoms with Crippen molar-refractivity contribution < 1.29 is 24.2 Å². The maximum atomic E-state index is 12.1. The lowest BCUT2D eigenvalue weighted by molar-refractivity contribution is -0.161. The monoisotopic (exact) mass is 625 g/mol. The molecule has 0 spiro atoms. The zero-order chi connectivity index (χ0) is 32.4. The van der Waals surface area contributed by atoms with Crippen LogP contribution in [0.1, 0.15) is 213 Å². The first kappa shape index (κ1) is 42.9. The lowest BCUT2D eigenvalue weighted by Gasteiger charge is -2.15. The van der Waals surface area contributed by atoms with Crippen molar-refractivity contribution >= 4 is 11.9 Å². The summed E-state index contributed by atoms with van der Waals surface area (Å²) in [6.07, 6.45) is 35.9. The largest absolute Gasteiger partial charge is 0.462 e. The molecule has 44 heavy (non-hydrogen) atoms. The molecule has 5 nitrogen and oxygen atoms in total. The first-order valence-corrected chi connectivity index (χ1v) is 19.5. The number of unbranched alkanes of at least 4 members (excludes halogenated alkanes) is 24. The molecule has 0 aromatic rings. The van der Waals surface area contributed by atoms with Gasteiger partial charge in [-0.25, -0.2) is 0 Å². The van der Waals surface area contributed by atoms with E-state index in [1.807, 2.05) is 0 Å². The van der Waals surface area contributed by atoms with Crippen molar-refractivity contribution in [1.29, 1.82) is 0 Å². The smallest absolute Gasteiger partial charge is 0.306 e. The Hall–Kier alpha value is -1.10. The number of carbonyl (C=O) groups excluding carboxylic acids is 2. The molecule has 0 heterocycles. The van der Waals surface area contributed by atoms with E-state index in [0.29, 0.717) is 12.8 Å². The molecule has 0 radical (unpaired) electrons. The van der Waals surface area contributed by atoms with E-state index in [4.69, 9.17) is 9.47 Å². The molecule has 0 aromatic carbocycles. The minimum Gasteiger partial charge on any atom is -0.462 e. The Morgan fingerprint density at radius 1 is 0.523 bits per heavy atom. The number of carbonyl (C=O) groups is 2. The molecular weight excluding hydrogens is 548 g/mol. The number of hydrogen-bond acceptors (Lipinski definition) is 5. The van der Waals surface area contributed by atoms with Crippen LogP contribution in [-0.4, -0.2) is 36.4 Å². The number of aliphatic hydroxyl groups excluding tert-OH is 1. The van der Waals surface area contributed by atoms with Gasteiger partial charge in [-0.3, -0.25) is 9.59 Å². The Labute approximate surface area is 274 Å². The third-order valence-electron chi connectivity index (χ3n) is 9.19. The highest BCUT2D eigenvalue weighted by molar-refractivity contribution is 5.70. The van der Waals surface area contributed by atoms with Gasteiger partial charge in [-0.05, 0) is 18.8 Å². The van der Waals surface area contributed by atoms with E-state index in [1.165, 1.54) is 148 Å². The Morgan fingerprint density at radius 3 is 1.27 bits per heavy atom. The van der Waals surface area contributed by atoms with Gasteiger partial charge in [-0.1, -0.05) is 188 Å². The highest BCUT2D eigenvalue weighted by atomic mass is 16.6. The lowest BCUT2D eigenvalue weighted by atomic mass is 9.99. The quantitative estimate of drug-likeness (QED) is 0.0561. The normalized spacial score (nSPS) is 12.7. The molecule has 262 valence electrons. The van der Waals surface area contributed by atoms with Crippen molar-refractivity contribution in [1.82, 2.24) is 0 Å². The van der Waals surface area contributed by atoms with Crippen molar-refractivity contribution in [3.8, 4) is 0 Å². The summed E-state index contributed by atoms with van der Waals surface area (Å²) in [5.74, 6) is 0.278. The summed E-state index contributed by atoms with van der Waals surface area (Å²) >= 11 is 0. The molecule has 0 amide bonds. The SMILES string of the molecule is CCCCCCCCCCCCCCCCCCCCC(=O)OC[C@H](CO)OC(=O)CCCCCCCCCCC(C)CC. The van der Waals surface area contributed by atoms with Gasteiger partial charge < -0.3 is 14.6 Å². The second-order valence-electron chi connectivity index (χ2n) is 13.6. The molecule has 0 bridgehead atoms. The molecule has 0 aromatic heterocycles. The van der Waals surface area contributed by atoms with Crippen molar-refractivity contribution in [3.05, 3.63) is 0 Å². The van der Waals surface area contributed by atoms with Gasteiger partial charge in [-0.15, -0.1) is 0 Å². The molecule has 0 fully saturated rings. The number of aliphatic hydroxyl groups is 1.